The van der Waals surface area contributed by atoms with E-state index in [0.29, 0.717) is 23.1 Å². The highest BCUT2D eigenvalue weighted by molar-refractivity contribution is 6.19. The molecule has 1 aromatic rings. The summed E-state index contributed by atoms with van der Waals surface area (Å²) in [6, 6.07) is 4.47. The van der Waals surface area contributed by atoms with E-state index in [1.807, 2.05) is 0 Å². The quantitative estimate of drug-likeness (QED) is 0.571. The smallest absolute Gasteiger partial charge is 0.138 e. The van der Waals surface area contributed by atoms with Gasteiger partial charge in [-0.1, -0.05) is 25.7 Å². The molecular formula is C17H20ClFO. The minimum Gasteiger partial charge on any atom is -0.489 e. The SMILES string of the molecule is CC1CC(C)CC(Oc2cc(F)ccc2C#CCCl)C1. The lowest BCUT2D eigenvalue weighted by Gasteiger charge is -2.32. The van der Waals surface area contributed by atoms with Gasteiger partial charge in [0.1, 0.15) is 11.6 Å². The first-order chi connectivity index (χ1) is 9.58. The van der Waals surface area contributed by atoms with E-state index in [9.17, 15) is 4.39 Å². The summed E-state index contributed by atoms with van der Waals surface area (Å²) < 4.78 is 19.4. The van der Waals surface area contributed by atoms with E-state index in [4.69, 9.17) is 16.3 Å². The molecule has 0 heterocycles. The van der Waals surface area contributed by atoms with E-state index < -0.39 is 0 Å². The van der Waals surface area contributed by atoms with Crippen molar-refractivity contribution in [3.05, 3.63) is 29.6 Å². The Morgan fingerprint density at radius 3 is 2.60 bits per heavy atom. The number of hydrogen-bond donors (Lipinski definition) is 0. The maximum Gasteiger partial charge on any atom is 0.138 e. The normalized spacial score (nSPS) is 25.7. The van der Waals surface area contributed by atoms with Gasteiger partial charge in [0.2, 0.25) is 0 Å². The Bertz CT molecular complexity index is 507. The van der Waals surface area contributed by atoms with Crippen molar-refractivity contribution >= 4 is 11.6 Å². The predicted octanol–water partition coefficient (Wildman–Crippen LogP) is 4.62. The van der Waals surface area contributed by atoms with Gasteiger partial charge in [0, 0.05) is 6.07 Å². The van der Waals surface area contributed by atoms with Crippen LogP contribution in [0.5, 0.6) is 5.75 Å². The summed E-state index contributed by atoms with van der Waals surface area (Å²) in [5, 5.41) is 0. The van der Waals surface area contributed by atoms with Crippen molar-refractivity contribution in [2.24, 2.45) is 11.8 Å². The third-order valence-electron chi connectivity index (χ3n) is 3.66. The molecule has 2 rings (SSSR count). The lowest BCUT2D eigenvalue weighted by atomic mass is 9.82. The number of ether oxygens (including phenoxy) is 1. The van der Waals surface area contributed by atoms with Crippen molar-refractivity contribution in [2.75, 3.05) is 5.88 Å². The number of halogens is 2. The molecule has 108 valence electrons. The van der Waals surface area contributed by atoms with Gasteiger partial charge in [-0.3, -0.25) is 0 Å². The van der Waals surface area contributed by atoms with Crippen molar-refractivity contribution in [1.29, 1.82) is 0 Å². The molecule has 1 nitrogen and oxygen atoms in total. The summed E-state index contributed by atoms with van der Waals surface area (Å²) in [7, 11) is 0. The summed E-state index contributed by atoms with van der Waals surface area (Å²) in [5.41, 5.74) is 0.706. The van der Waals surface area contributed by atoms with Gasteiger partial charge >= 0.3 is 0 Å². The average molecular weight is 295 g/mol. The first-order valence-electron chi connectivity index (χ1n) is 7.09. The van der Waals surface area contributed by atoms with Crippen LogP contribution in [0.2, 0.25) is 0 Å². The van der Waals surface area contributed by atoms with Crippen LogP contribution >= 0.6 is 11.6 Å². The van der Waals surface area contributed by atoms with Gasteiger partial charge in [-0.2, -0.15) is 0 Å². The molecule has 0 bridgehead atoms. The lowest BCUT2D eigenvalue weighted by molar-refractivity contribution is 0.100. The third kappa shape index (κ3) is 4.15. The molecule has 20 heavy (non-hydrogen) atoms. The Hall–Kier alpha value is -1.20. The fraction of sp³-hybridized carbons (Fsp3) is 0.529. The zero-order valence-corrected chi connectivity index (χ0v) is 12.7. The Labute approximate surface area is 125 Å². The van der Waals surface area contributed by atoms with Gasteiger partial charge in [0.25, 0.3) is 0 Å². The highest BCUT2D eigenvalue weighted by Gasteiger charge is 2.25. The molecule has 3 heteroatoms. The molecule has 1 aliphatic rings. The van der Waals surface area contributed by atoms with E-state index in [1.54, 1.807) is 6.07 Å². The largest absolute Gasteiger partial charge is 0.489 e. The molecule has 0 radical (unpaired) electrons. The summed E-state index contributed by atoms with van der Waals surface area (Å²) in [6.07, 6.45) is 3.42. The van der Waals surface area contributed by atoms with Gasteiger partial charge in [-0.15, -0.1) is 11.6 Å². The van der Waals surface area contributed by atoms with Crippen LogP contribution in [0.15, 0.2) is 18.2 Å². The van der Waals surface area contributed by atoms with Crippen molar-refractivity contribution in [1.82, 2.24) is 0 Å². The molecule has 0 spiro atoms. The van der Waals surface area contributed by atoms with Crippen LogP contribution in [0.1, 0.15) is 38.7 Å². The van der Waals surface area contributed by atoms with Crippen molar-refractivity contribution in [2.45, 2.75) is 39.2 Å². The maximum absolute atomic E-state index is 13.4. The first-order valence-corrected chi connectivity index (χ1v) is 7.63. The molecule has 0 aromatic heterocycles. The van der Waals surface area contributed by atoms with Crippen LogP contribution in [0.4, 0.5) is 4.39 Å². The Morgan fingerprint density at radius 1 is 1.25 bits per heavy atom. The molecule has 1 aliphatic carbocycles. The first kappa shape index (κ1) is 15.2. The minimum atomic E-state index is -0.298. The van der Waals surface area contributed by atoms with Gasteiger partial charge in [0.15, 0.2) is 0 Å². The number of benzene rings is 1. The number of alkyl halides is 1. The minimum absolute atomic E-state index is 0.145. The average Bonchev–Trinajstić information content (AvgIpc) is 2.36. The molecule has 1 aromatic carbocycles. The van der Waals surface area contributed by atoms with E-state index >= 15 is 0 Å². The molecule has 0 N–H and O–H groups in total. The molecule has 0 aliphatic heterocycles. The van der Waals surface area contributed by atoms with Gasteiger partial charge < -0.3 is 4.74 Å². The van der Waals surface area contributed by atoms with E-state index in [2.05, 4.69) is 25.7 Å². The second-order valence-corrected chi connectivity index (χ2v) is 6.00. The van der Waals surface area contributed by atoms with Crippen molar-refractivity contribution in [3.8, 4) is 17.6 Å². The molecule has 1 saturated carbocycles. The fourth-order valence-corrected chi connectivity index (χ4v) is 3.04. The summed E-state index contributed by atoms with van der Waals surface area (Å²) >= 11 is 5.58. The molecule has 0 saturated heterocycles. The van der Waals surface area contributed by atoms with Gasteiger partial charge in [0.05, 0.1) is 17.5 Å². The van der Waals surface area contributed by atoms with Crippen molar-refractivity contribution < 1.29 is 9.13 Å². The second kappa shape index (κ2) is 6.99. The Morgan fingerprint density at radius 2 is 1.95 bits per heavy atom. The van der Waals surface area contributed by atoms with Gasteiger partial charge in [-0.05, 0) is 43.2 Å². The van der Waals surface area contributed by atoms with Crippen molar-refractivity contribution in [3.63, 3.8) is 0 Å². The third-order valence-corrected chi connectivity index (χ3v) is 3.80. The zero-order chi connectivity index (χ0) is 14.5. The lowest BCUT2D eigenvalue weighted by Crippen LogP contribution is -2.28. The van der Waals surface area contributed by atoms with E-state index in [0.717, 1.165) is 12.8 Å². The van der Waals surface area contributed by atoms with Crippen LogP contribution in [-0.4, -0.2) is 12.0 Å². The van der Waals surface area contributed by atoms with Crippen LogP contribution < -0.4 is 4.74 Å². The summed E-state index contributed by atoms with van der Waals surface area (Å²) in [5.74, 6) is 7.51. The van der Waals surface area contributed by atoms with Crippen LogP contribution in [0.25, 0.3) is 0 Å². The summed E-state index contributed by atoms with van der Waals surface area (Å²) in [4.78, 5) is 0. The van der Waals surface area contributed by atoms with Gasteiger partial charge in [-0.25, -0.2) is 4.39 Å². The monoisotopic (exact) mass is 294 g/mol. The molecule has 2 unspecified atom stereocenters. The Balaban J connectivity index is 2.17. The maximum atomic E-state index is 13.4. The van der Waals surface area contributed by atoms with E-state index in [1.165, 1.54) is 18.6 Å². The molecule has 0 amide bonds. The molecular weight excluding hydrogens is 275 g/mol. The Kier molecular flexibility index (Phi) is 5.31. The molecule has 1 fully saturated rings. The highest BCUT2D eigenvalue weighted by Crippen LogP contribution is 2.32. The van der Waals surface area contributed by atoms with Crippen LogP contribution in [0.3, 0.4) is 0 Å². The van der Waals surface area contributed by atoms with Crippen LogP contribution in [0, 0.1) is 29.5 Å². The zero-order valence-electron chi connectivity index (χ0n) is 12.0. The number of hydrogen-bond acceptors (Lipinski definition) is 1. The van der Waals surface area contributed by atoms with Crippen LogP contribution in [-0.2, 0) is 0 Å². The second-order valence-electron chi connectivity index (χ2n) is 5.73. The predicted molar refractivity (Wildman–Crippen MR) is 80.6 cm³/mol. The fourth-order valence-electron chi connectivity index (χ4n) is 2.97. The number of rotatable bonds is 2. The standard InChI is InChI=1S/C17H20ClFO/c1-12-8-13(2)10-16(9-12)20-17-11-15(19)6-5-14(17)4-3-7-18/h5-6,11-13,16H,7-10H2,1-2H3. The topological polar surface area (TPSA) is 9.23 Å². The highest BCUT2D eigenvalue weighted by atomic mass is 35.5. The van der Waals surface area contributed by atoms with E-state index in [-0.39, 0.29) is 17.8 Å². The molecule has 2 atom stereocenters. The summed E-state index contributed by atoms with van der Waals surface area (Å²) in [6.45, 7) is 4.48.